The summed E-state index contributed by atoms with van der Waals surface area (Å²) >= 11 is 0. The highest BCUT2D eigenvalue weighted by Crippen LogP contribution is 2.51. The van der Waals surface area contributed by atoms with Crippen molar-refractivity contribution in [3.05, 3.63) is 23.9 Å². The lowest BCUT2D eigenvalue weighted by atomic mass is 9.96. The quantitative estimate of drug-likeness (QED) is 0.600. The molecule has 0 aromatic carbocycles. The fourth-order valence-corrected chi connectivity index (χ4v) is 1.33. The minimum Gasteiger partial charge on any atom is -0.380 e. The van der Waals surface area contributed by atoms with Crippen LogP contribution in [0.4, 0.5) is 0 Å². The average Bonchev–Trinajstić information content (AvgIpc) is 2.86. The van der Waals surface area contributed by atoms with Gasteiger partial charge in [-0.05, 0) is 24.5 Å². The summed E-state index contributed by atoms with van der Waals surface area (Å²) in [4.78, 5) is 0. The van der Waals surface area contributed by atoms with Gasteiger partial charge >= 0.3 is 0 Å². The Hall–Kier alpha value is -1.23. The average molecular weight is 145 g/mol. The largest absolute Gasteiger partial charge is 0.380 e. The van der Waals surface area contributed by atoms with Crippen molar-refractivity contribution in [3.8, 4) is 6.07 Å². The Morgan fingerprint density at radius 2 is 2.45 bits per heavy atom. The normalized spacial score (nSPS) is 24.8. The van der Waals surface area contributed by atoms with Crippen LogP contribution in [0.25, 0.3) is 0 Å². The van der Waals surface area contributed by atoms with E-state index in [1.165, 1.54) is 0 Å². The van der Waals surface area contributed by atoms with Crippen molar-refractivity contribution in [1.29, 1.82) is 5.26 Å². The molecule has 2 nitrogen and oxygen atoms in total. The molecular weight excluding hydrogens is 136 g/mol. The summed E-state index contributed by atoms with van der Waals surface area (Å²) in [7, 11) is 0. The predicted molar refractivity (Wildman–Crippen MR) is 41.2 cm³/mol. The Bertz CT molecular complexity index is 264. The highest BCUT2D eigenvalue weighted by atomic mass is 14.8. The van der Waals surface area contributed by atoms with E-state index in [0.717, 1.165) is 25.0 Å². The fraction of sp³-hybridized carbons (Fsp3) is 0.444. The van der Waals surface area contributed by atoms with Crippen molar-refractivity contribution >= 4 is 0 Å². The monoisotopic (exact) mass is 145 g/mol. The minimum atomic E-state index is -0.130. The molecule has 0 saturated heterocycles. The molecule has 0 atom stereocenters. The molecule has 2 aliphatic rings. The molecule has 0 spiro atoms. The third-order valence-electron chi connectivity index (χ3n) is 2.27. The fourth-order valence-electron chi connectivity index (χ4n) is 1.33. The van der Waals surface area contributed by atoms with E-state index in [9.17, 15) is 0 Å². The van der Waals surface area contributed by atoms with E-state index < -0.39 is 0 Å². The maximum absolute atomic E-state index is 8.85. The molecule has 0 aromatic rings. The number of nitrogens with zero attached hydrogens (tertiary/aromatic N) is 1. The molecule has 0 aromatic heterocycles. The molecule has 1 saturated carbocycles. The summed E-state index contributed by atoms with van der Waals surface area (Å²) in [6, 6.07) is 2.35. The molecular formula is C9H9N2. The van der Waals surface area contributed by atoms with Crippen LogP contribution >= 0.6 is 0 Å². The van der Waals surface area contributed by atoms with Crippen molar-refractivity contribution < 1.29 is 0 Å². The molecule has 0 unspecified atom stereocenters. The van der Waals surface area contributed by atoms with Gasteiger partial charge in [0, 0.05) is 6.54 Å². The van der Waals surface area contributed by atoms with Gasteiger partial charge in [-0.2, -0.15) is 5.26 Å². The van der Waals surface area contributed by atoms with E-state index in [2.05, 4.69) is 23.7 Å². The molecule has 2 rings (SSSR count). The first-order chi connectivity index (χ1) is 5.37. The Kier molecular flexibility index (Phi) is 1.25. The van der Waals surface area contributed by atoms with E-state index >= 15 is 0 Å². The van der Waals surface area contributed by atoms with Crippen molar-refractivity contribution in [2.24, 2.45) is 5.41 Å². The summed E-state index contributed by atoms with van der Waals surface area (Å²) in [5.41, 5.74) is 1.02. The van der Waals surface area contributed by atoms with E-state index in [1.807, 2.05) is 6.08 Å². The second-order valence-corrected chi connectivity index (χ2v) is 3.02. The lowest BCUT2D eigenvalue weighted by molar-refractivity contribution is 0.792. The summed E-state index contributed by atoms with van der Waals surface area (Å²) in [6.45, 7) is 0.815. The standard InChI is InChI=1S/C9H9N2/c10-7-9(3-4-9)8-1-5-11-6-2-8/h1-2,11H,3-5H2. The topological polar surface area (TPSA) is 35.8 Å². The third kappa shape index (κ3) is 0.932. The minimum absolute atomic E-state index is 0.130. The van der Waals surface area contributed by atoms with E-state index in [1.54, 1.807) is 0 Å². The molecule has 1 N–H and O–H groups in total. The van der Waals surface area contributed by atoms with Crippen molar-refractivity contribution in [2.75, 3.05) is 6.54 Å². The number of hydrogen-bond acceptors (Lipinski definition) is 2. The Morgan fingerprint density at radius 3 is 2.91 bits per heavy atom. The number of nitrogens with one attached hydrogen (secondary N) is 1. The van der Waals surface area contributed by atoms with E-state index in [-0.39, 0.29) is 5.41 Å². The second-order valence-electron chi connectivity index (χ2n) is 3.02. The molecule has 0 bridgehead atoms. The summed E-state index contributed by atoms with van der Waals surface area (Å²) < 4.78 is 0. The van der Waals surface area contributed by atoms with Crippen LogP contribution < -0.4 is 5.32 Å². The zero-order chi connectivity index (χ0) is 7.73. The van der Waals surface area contributed by atoms with Crippen molar-refractivity contribution in [2.45, 2.75) is 12.8 Å². The summed E-state index contributed by atoms with van der Waals surface area (Å²) in [5, 5.41) is 11.8. The molecule has 55 valence electrons. The number of hydrogen-bond donors (Lipinski definition) is 1. The van der Waals surface area contributed by atoms with Gasteiger partial charge in [0.05, 0.1) is 17.7 Å². The first-order valence-corrected chi connectivity index (χ1v) is 3.81. The maximum atomic E-state index is 8.85. The van der Waals surface area contributed by atoms with E-state index in [0.29, 0.717) is 0 Å². The lowest BCUT2D eigenvalue weighted by Gasteiger charge is -2.10. The molecule has 1 aliphatic carbocycles. The van der Waals surface area contributed by atoms with Crippen LogP contribution in [0.5, 0.6) is 0 Å². The molecule has 1 heterocycles. The zero-order valence-corrected chi connectivity index (χ0v) is 6.22. The van der Waals surface area contributed by atoms with Crippen LogP contribution in [0, 0.1) is 22.9 Å². The number of nitriles is 1. The third-order valence-corrected chi connectivity index (χ3v) is 2.27. The van der Waals surface area contributed by atoms with Gasteiger partial charge in [0.15, 0.2) is 0 Å². The maximum Gasteiger partial charge on any atom is 0.0822 e. The SMILES string of the molecule is N#CC1(C2=CCN[C]=C2)CC1. The lowest BCUT2D eigenvalue weighted by Crippen LogP contribution is -2.13. The number of rotatable bonds is 1. The van der Waals surface area contributed by atoms with Gasteiger partial charge in [0.25, 0.3) is 0 Å². The number of allylic oxidation sites excluding steroid dienone is 2. The summed E-state index contributed by atoms with van der Waals surface area (Å²) in [6.07, 6.45) is 8.93. The van der Waals surface area contributed by atoms with Gasteiger partial charge in [0.2, 0.25) is 0 Å². The van der Waals surface area contributed by atoms with Gasteiger partial charge in [0.1, 0.15) is 0 Å². The zero-order valence-electron chi connectivity index (χ0n) is 6.22. The van der Waals surface area contributed by atoms with Gasteiger partial charge in [-0.15, -0.1) is 0 Å². The van der Waals surface area contributed by atoms with Crippen molar-refractivity contribution in [1.82, 2.24) is 5.32 Å². The van der Waals surface area contributed by atoms with Gasteiger partial charge < -0.3 is 5.32 Å². The highest BCUT2D eigenvalue weighted by molar-refractivity contribution is 5.39. The molecule has 11 heavy (non-hydrogen) atoms. The Morgan fingerprint density at radius 1 is 1.64 bits per heavy atom. The predicted octanol–water partition coefficient (Wildman–Crippen LogP) is 1.14. The van der Waals surface area contributed by atoms with Crippen LogP contribution in [0.3, 0.4) is 0 Å². The Balaban J connectivity index is 2.23. The van der Waals surface area contributed by atoms with Gasteiger partial charge in [-0.25, -0.2) is 0 Å². The van der Waals surface area contributed by atoms with Crippen LogP contribution in [-0.4, -0.2) is 6.54 Å². The molecule has 1 radical (unpaired) electrons. The number of dihydropyridines is 1. The molecule has 1 fully saturated rings. The molecule has 0 amide bonds. The first kappa shape index (κ1) is 6.48. The molecule has 1 aliphatic heterocycles. The second kappa shape index (κ2) is 2.13. The first-order valence-electron chi connectivity index (χ1n) is 3.81. The molecule has 2 heteroatoms. The smallest absolute Gasteiger partial charge is 0.0822 e. The van der Waals surface area contributed by atoms with Crippen LogP contribution in [0.15, 0.2) is 17.7 Å². The summed E-state index contributed by atoms with van der Waals surface area (Å²) in [5.74, 6) is 0. The van der Waals surface area contributed by atoms with Gasteiger partial charge in [-0.3, -0.25) is 0 Å². The highest BCUT2D eigenvalue weighted by Gasteiger charge is 2.45. The Labute approximate surface area is 66.2 Å². The van der Waals surface area contributed by atoms with Crippen molar-refractivity contribution in [3.63, 3.8) is 0 Å². The van der Waals surface area contributed by atoms with Gasteiger partial charge in [-0.1, -0.05) is 6.08 Å². The van der Waals surface area contributed by atoms with Crippen LogP contribution in [0.2, 0.25) is 0 Å². The van der Waals surface area contributed by atoms with Crippen LogP contribution in [0.1, 0.15) is 12.8 Å². The van der Waals surface area contributed by atoms with E-state index in [4.69, 9.17) is 5.26 Å². The van der Waals surface area contributed by atoms with Crippen LogP contribution in [-0.2, 0) is 0 Å².